The standard InChI is InChI=1S/C13H20BrNO2S/c1-9(12(16)17)4-5-15-8-13(2,3)11-6-10(14)7-18-11/h6-7,9,15H,4-5,8H2,1-3H3,(H,16,17). The molecular weight excluding hydrogens is 314 g/mol. The Balaban J connectivity index is 2.36. The van der Waals surface area contributed by atoms with Crippen LogP contribution in [0.4, 0.5) is 0 Å². The smallest absolute Gasteiger partial charge is 0.306 e. The third-order valence-corrected chi connectivity index (χ3v) is 5.03. The van der Waals surface area contributed by atoms with Crippen LogP contribution in [-0.4, -0.2) is 24.2 Å². The third-order valence-electron chi connectivity index (χ3n) is 2.98. The van der Waals surface area contributed by atoms with Gasteiger partial charge in [0.25, 0.3) is 0 Å². The fraction of sp³-hybridized carbons (Fsp3) is 0.615. The molecule has 0 saturated carbocycles. The Morgan fingerprint density at radius 2 is 2.28 bits per heavy atom. The van der Waals surface area contributed by atoms with Crippen LogP contribution < -0.4 is 5.32 Å². The van der Waals surface area contributed by atoms with Gasteiger partial charge in [0.05, 0.1) is 5.92 Å². The van der Waals surface area contributed by atoms with Crippen molar-refractivity contribution in [2.75, 3.05) is 13.1 Å². The van der Waals surface area contributed by atoms with Gasteiger partial charge in [-0.15, -0.1) is 11.3 Å². The van der Waals surface area contributed by atoms with Gasteiger partial charge in [-0.3, -0.25) is 4.79 Å². The summed E-state index contributed by atoms with van der Waals surface area (Å²) in [5.74, 6) is -1.00. The molecule has 1 rings (SSSR count). The molecule has 0 bridgehead atoms. The first-order chi connectivity index (χ1) is 8.33. The Labute approximate surface area is 121 Å². The van der Waals surface area contributed by atoms with Gasteiger partial charge >= 0.3 is 5.97 Å². The van der Waals surface area contributed by atoms with Gasteiger partial charge in [0, 0.05) is 26.7 Å². The van der Waals surface area contributed by atoms with Crippen molar-refractivity contribution in [3.63, 3.8) is 0 Å². The van der Waals surface area contributed by atoms with E-state index in [-0.39, 0.29) is 11.3 Å². The second-order valence-corrected chi connectivity index (χ2v) is 7.04. The maximum atomic E-state index is 10.7. The summed E-state index contributed by atoms with van der Waals surface area (Å²) in [7, 11) is 0. The van der Waals surface area contributed by atoms with Gasteiger partial charge in [0.2, 0.25) is 0 Å². The van der Waals surface area contributed by atoms with Gasteiger partial charge in [0.1, 0.15) is 0 Å². The number of hydrogen-bond donors (Lipinski definition) is 2. The maximum Gasteiger partial charge on any atom is 0.306 e. The summed E-state index contributed by atoms with van der Waals surface area (Å²) in [5, 5.41) is 14.2. The number of hydrogen-bond acceptors (Lipinski definition) is 3. The molecule has 102 valence electrons. The molecule has 1 atom stereocenters. The molecule has 18 heavy (non-hydrogen) atoms. The Morgan fingerprint density at radius 3 is 2.78 bits per heavy atom. The van der Waals surface area contributed by atoms with Crippen molar-refractivity contribution in [3.05, 3.63) is 20.8 Å². The van der Waals surface area contributed by atoms with Crippen LogP contribution in [0, 0.1) is 5.92 Å². The van der Waals surface area contributed by atoms with Gasteiger partial charge in [-0.1, -0.05) is 20.8 Å². The van der Waals surface area contributed by atoms with Gasteiger partial charge in [-0.25, -0.2) is 0 Å². The topological polar surface area (TPSA) is 49.3 Å². The quantitative estimate of drug-likeness (QED) is 0.751. The van der Waals surface area contributed by atoms with Gasteiger partial charge in [0.15, 0.2) is 0 Å². The molecule has 3 nitrogen and oxygen atoms in total. The van der Waals surface area contributed by atoms with Crippen molar-refractivity contribution < 1.29 is 9.90 Å². The van der Waals surface area contributed by atoms with Crippen LogP contribution in [0.1, 0.15) is 32.1 Å². The highest BCUT2D eigenvalue weighted by molar-refractivity contribution is 9.10. The highest BCUT2D eigenvalue weighted by atomic mass is 79.9. The van der Waals surface area contributed by atoms with Crippen molar-refractivity contribution in [1.29, 1.82) is 0 Å². The molecule has 0 aliphatic carbocycles. The molecule has 0 amide bonds. The number of carboxylic acids is 1. The molecule has 0 aromatic carbocycles. The molecule has 0 aliphatic heterocycles. The van der Waals surface area contributed by atoms with E-state index in [9.17, 15) is 4.79 Å². The van der Waals surface area contributed by atoms with Crippen molar-refractivity contribution in [2.45, 2.75) is 32.6 Å². The molecule has 1 heterocycles. The molecule has 1 aromatic heterocycles. The van der Waals surface area contributed by atoms with Crippen LogP contribution >= 0.6 is 27.3 Å². The summed E-state index contributed by atoms with van der Waals surface area (Å²) in [6.45, 7) is 7.72. The Bertz CT molecular complexity index is 403. The lowest BCUT2D eigenvalue weighted by Crippen LogP contribution is -2.33. The second-order valence-electron chi connectivity index (χ2n) is 5.22. The minimum atomic E-state index is -0.724. The molecule has 0 aliphatic rings. The monoisotopic (exact) mass is 333 g/mol. The lowest BCUT2D eigenvalue weighted by Gasteiger charge is -2.24. The fourth-order valence-corrected chi connectivity index (χ4v) is 3.15. The Kier molecular flexibility index (Phi) is 5.82. The average molecular weight is 334 g/mol. The summed E-state index contributed by atoms with van der Waals surface area (Å²) in [6, 6.07) is 2.15. The van der Waals surface area contributed by atoms with E-state index in [0.717, 1.165) is 17.6 Å². The fourth-order valence-electron chi connectivity index (χ4n) is 1.60. The molecule has 0 fully saturated rings. The molecular formula is C13H20BrNO2S. The highest BCUT2D eigenvalue weighted by Gasteiger charge is 2.22. The second kappa shape index (κ2) is 6.68. The number of halogens is 1. The van der Waals surface area contributed by atoms with Crippen molar-refractivity contribution in [2.24, 2.45) is 5.92 Å². The number of thiophene rings is 1. The molecule has 1 aromatic rings. The summed E-state index contributed by atoms with van der Waals surface area (Å²) in [5.41, 5.74) is 0.0726. The number of rotatable bonds is 7. The molecule has 5 heteroatoms. The SMILES string of the molecule is CC(CCNCC(C)(C)c1cc(Br)cs1)C(=O)O. The van der Waals surface area contributed by atoms with Crippen molar-refractivity contribution >= 4 is 33.2 Å². The maximum absolute atomic E-state index is 10.7. The zero-order valence-corrected chi connectivity index (χ0v) is 13.4. The van der Waals surface area contributed by atoms with Crippen LogP contribution in [0.15, 0.2) is 15.9 Å². The van der Waals surface area contributed by atoms with E-state index in [2.05, 4.69) is 46.5 Å². The van der Waals surface area contributed by atoms with E-state index in [1.165, 1.54) is 4.88 Å². The summed E-state index contributed by atoms with van der Waals surface area (Å²) in [4.78, 5) is 12.0. The van der Waals surface area contributed by atoms with Crippen LogP contribution in [0.2, 0.25) is 0 Å². The number of carbonyl (C=O) groups is 1. The van der Waals surface area contributed by atoms with Gasteiger partial charge in [-0.2, -0.15) is 0 Å². The largest absolute Gasteiger partial charge is 0.481 e. The minimum absolute atomic E-state index is 0.0726. The van der Waals surface area contributed by atoms with E-state index >= 15 is 0 Å². The Hall–Kier alpha value is -0.390. The van der Waals surface area contributed by atoms with Gasteiger partial charge < -0.3 is 10.4 Å². The van der Waals surface area contributed by atoms with Crippen LogP contribution in [0.25, 0.3) is 0 Å². The van der Waals surface area contributed by atoms with E-state index in [1.54, 1.807) is 18.3 Å². The Morgan fingerprint density at radius 1 is 1.61 bits per heavy atom. The highest BCUT2D eigenvalue weighted by Crippen LogP contribution is 2.30. The first-order valence-corrected chi connectivity index (χ1v) is 7.68. The van der Waals surface area contributed by atoms with Gasteiger partial charge in [-0.05, 0) is 35.0 Å². The number of nitrogens with one attached hydrogen (secondary N) is 1. The predicted molar refractivity (Wildman–Crippen MR) is 79.3 cm³/mol. The number of carboxylic acid groups (broad SMARTS) is 1. The minimum Gasteiger partial charge on any atom is -0.481 e. The van der Waals surface area contributed by atoms with Crippen LogP contribution in [-0.2, 0) is 10.2 Å². The van der Waals surface area contributed by atoms with E-state index in [0.29, 0.717) is 6.42 Å². The molecule has 2 N–H and O–H groups in total. The first kappa shape index (κ1) is 15.7. The summed E-state index contributed by atoms with van der Waals surface area (Å²) in [6.07, 6.45) is 0.666. The zero-order valence-electron chi connectivity index (χ0n) is 11.0. The van der Waals surface area contributed by atoms with Crippen molar-refractivity contribution in [3.8, 4) is 0 Å². The number of aliphatic carboxylic acids is 1. The predicted octanol–water partition coefficient (Wildman–Crippen LogP) is 3.49. The van der Waals surface area contributed by atoms with Crippen molar-refractivity contribution in [1.82, 2.24) is 5.32 Å². The summed E-state index contributed by atoms with van der Waals surface area (Å²) >= 11 is 5.21. The lowest BCUT2D eigenvalue weighted by atomic mass is 9.91. The molecule has 0 spiro atoms. The zero-order chi connectivity index (χ0) is 13.8. The first-order valence-electron chi connectivity index (χ1n) is 6.01. The molecule has 0 saturated heterocycles. The van der Waals surface area contributed by atoms with Crippen LogP contribution in [0.3, 0.4) is 0 Å². The molecule has 1 unspecified atom stereocenters. The van der Waals surface area contributed by atoms with E-state index in [1.807, 2.05) is 0 Å². The lowest BCUT2D eigenvalue weighted by molar-refractivity contribution is -0.141. The van der Waals surface area contributed by atoms with Crippen LogP contribution in [0.5, 0.6) is 0 Å². The van der Waals surface area contributed by atoms with E-state index in [4.69, 9.17) is 5.11 Å². The third kappa shape index (κ3) is 4.71. The summed E-state index contributed by atoms with van der Waals surface area (Å²) < 4.78 is 1.12. The normalized spacial score (nSPS) is 13.6. The average Bonchev–Trinajstić information content (AvgIpc) is 2.71. The van der Waals surface area contributed by atoms with E-state index < -0.39 is 5.97 Å². The molecule has 0 radical (unpaired) electrons.